The SMILES string of the molecule is CC(C)NC(=NCCS(=O)(=O)N(C)C)NN. The number of hydrogen-bond acceptors (Lipinski definition) is 4. The molecule has 8 heteroatoms. The highest BCUT2D eigenvalue weighted by Crippen LogP contribution is 1.93. The molecule has 0 radical (unpaired) electrons. The van der Waals surface area contributed by atoms with Crippen LogP contribution in [-0.2, 0) is 10.0 Å². The molecule has 0 spiro atoms. The lowest BCUT2D eigenvalue weighted by molar-refractivity contribution is 0.521. The van der Waals surface area contributed by atoms with Gasteiger partial charge in [-0.2, -0.15) is 0 Å². The van der Waals surface area contributed by atoms with Gasteiger partial charge in [-0.15, -0.1) is 0 Å². The molecule has 4 N–H and O–H groups in total. The molecule has 16 heavy (non-hydrogen) atoms. The Labute approximate surface area is 97.1 Å². The van der Waals surface area contributed by atoms with Gasteiger partial charge in [0.05, 0.1) is 12.3 Å². The van der Waals surface area contributed by atoms with E-state index < -0.39 is 10.0 Å². The first-order valence-electron chi connectivity index (χ1n) is 4.97. The number of rotatable bonds is 5. The predicted octanol–water partition coefficient (Wildman–Crippen LogP) is -1.30. The van der Waals surface area contributed by atoms with Crippen LogP contribution in [0.3, 0.4) is 0 Å². The summed E-state index contributed by atoms with van der Waals surface area (Å²) in [5, 5.41) is 2.95. The summed E-state index contributed by atoms with van der Waals surface area (Å²) >= 11 is 0. The molecule has 0 fully saturated rings. The fraction of sp³-hybridized carbons (Fsp3) is 0.875. The van der Waals surface area contributed by atoms with Gasteiger partial charge in [0, 0.05) is 20.1 Å². The normalized spacial score (nSPS) is 13.3. The zero-order valence-electron chi connectivity index (χ0n) is 10.2. The molecule has 0 aliphatic heterocycles. The predicted molar refractivity (Wildman–Crippen MR) is 65.4 cm³/mol. The number of nitrogens with zero attached hydrogens (tertiary/aromatic N) is 2. The van der Waals surface area contributed by atoms with E-state index >= 15 is 0 Å². The van der Waals surface area contributed by atoms with Crippen LogP contribution < -0.4 is 16.6 Å². The summed E-state index contributed by atoms with van der Waals surface area (Å²) in [5.74, 6) is 5.58. The molecule has 0 unspecified atom stereocenters. The van der Waals surface area contributed by atoms with Crippen molar-refractivity contribution in [3.05, 3.63) is 0 Å². The van der Waals surface area contributed by atoms with E-state index in [1.807, 2.05) is 13.8 Å². The molecule has 0 aliphatic rings. The van der Waals surface area contributed by atoms with Gasteiger partial charge in [-0.05, 0) is 13.8 Å². The van der Waals surface area contributed by atoms with Gasteiger partial charge >= 0.3 is 0 Å². The second-order valence-electron chi connectivity index (χ2n) is 3.77. The maximum atomic E-state index is 11.4. The lowest BCUT2D eigenvalue weighted by Gasteiger charge is -2.13. The molecule has 0 bridgehead atoms. The van der Waals surface area contributed by atoms with Crippen molar-refractivity contribution in [1.82, 2.24) is 15.0 Å². The highest BCUT2D eigenvalue weighted by Gasteiger charge is 2.12. The topological polar surface area (TPSA) is 99.8 Å². The highest BCUT2D eigenvalue weighted by molar-refractivity contribution is 7.89. The number of sulfonamides is 1. The van der Waals surface area contributed by atoms with E-state index in [0.717, 1.165) is 0 Å². The van der Waals surface area contributed by atoms with Crippen molar-refractivity contribution in [3.63, 3.8) is 0 Å². The summed E-state index contributed by atoms with van der Waals surface area (Å²) in [7, 11) is -0.214. The van der Waals surface area contributed by atoms with Gasteiger partial charge in [0.2, 0.25) is 16.0 Å². The van der Waals surface area contributed by atoms with Crippen molar-refractivity contribution in [3.8, 4) is 0 Å². The first-order chi connectivity index (χ1) is 7.29. The van der Waals surface area contributed by atoms with E-state index in [2.05, 4.69) is 15.7 Å². The minimum absolute atomic E-state index is 0.0368. The van der Waals surface area contributed by atoms with Gasteiger partial charge in [-0.3, -0.25) is 10.4 Å². The molecule has 0 aromatic rings. The number of nitrogens with two attached hydrogens (primary N) is 1. The molecule has 7 nitrogen and oxygen atoms in total. The standard InChI is InChI=1S/C8H21N5O2S/c1-7(2)11-8(12-9)10-5-6-16(14,15)13(3)4/h7H,5-6,9H2,1-4H3,(H2,10,11,12). The summed E-state index contributed by atoms with van der Waals surface area (Å²) in [6, 6.07) is 0.181. The van der Waals surface area contributed by atoms with Crippen LogP contribution in [0.25, 0.3) is 0 Å². The van der Waals surface area contributed by atoms with Gasteiger partial charge in [-0.1, -0.05) is 0 Å². The summed E-state index contributed by atoms with van der Waals surface area (Å²) < 4.78 is 24.0. The summed E-state index contributed by atoms with van der Waals surface area (Å²) in [5.41, 5.74) is 2.38. The first-order valence-corrected chi connectivity index (χ1v) is 6.58. The van der Waals surface area contributed by atoms with Crippen molar-refractivity contribution in [1.29, 1.82) is 0 Å². The quantitative estimate of drug-likeness (QED) is 0.244. The van der Waals surface area contributed by atoms with E-state index in [1.54, 1.807) is 0 Å². The molecular formula is C8H21N5O2S. The van der Waals surface area contributed by atoms with Crippen LogP contribution >= 0.6 is 0 Å². The third-order valence-corrected chi connectivity index (χ3v) is 3.55. The van der Waals surface area contributed by atoms with Crippen LogP contribution in [0.15, 0.2) is 4.99 Å². The van der Waals surface area contributed by atoms with Gasteiger partial charge < -0.3 is 5.32 Å². The Balaban J connectivity index is 4.26. The van der Waals surface area contributed by atoms with Crippen LogP contribution in [-0.4, -0.2) is 51.1 Å². The number of hydrazine groups is 1. The second kappa shape index (κ2) is 6.66. The summed E-state index contributed by atoms with van der Waals surface area (Å²) in [6.07, 6.45) is 0. The fourth-order valence-corrected chi connectivity index (χ4v) is 1.55. The molecular weight excluding hydrogens is 230 g/mol. The van der Waals surface area contributed by atoms with Crippen molar-refractivity contribution >= 4 is 16.0 Å². The van der Waals surface area contributed by atoms with Crippen molar-refractivity contribution in [2.45, 2.75) is 19.9 Å². The minimum atomic E-state index is -3.20. The minimum Gasteiger partial charge on any atom is -0.353 e. The molecule has 0 saturated heterocycles. The lowest BCUT2D eigenvalue weighted by Crippen LogP contribution is -2.44. The molecule has 0 aromatic heterocycles. The highest BCUT2D eigenvalue weighted by atomic mass is 32.2. The van der Waals surface area contributed by atoms with Gasteiger partial charge in [0.1, 0.15) is 0 Å². The number of aliphatic imine (C=N–C) groups is 1. The van der Waals surface area contributed by atoms with Gasteiger partial charge in [-0.25, -0.2) is 18.6 Å². The zero-order chi connectivity index (χ0) is 12.8. The van der Waals surface area contributed by atoms with E-state index in [1.165, 1.54) is 18.4 Å². The van der Waals surface area contributed by atoms with Crippen LogP contribution in [0, 0.1) is 0 Å². The molecule has 0 aromatic carbocycles. The maximum absolute atomic E-state index is 11.4. The molecule has 0 rings (SSSR count). The average molecular weight is 251 g/mol. The first kappa shape index (κ1) is 15.1. The number of hydrogen-bond donors (Lipinski definition) is 3. The Bertz CT molecular complexity index is 323. The number of guanidine groups is 1. The third kappa shape index (κ3) is 5.89. The van der Waals surface area contributed by atoms with E-state index in [4.69, 9.17) is 5.84 Å². The van der Waals surface area contributed by atoms with Crippen LogP contribution in [0.5, 0.6) is 0 Å². The molecule has 0 aliphatic carbocycles. The number of nitrogens with one attached hydrogen (secondary N) is 2. The van der Waals surface area contributed by atoms with Crippen LogP contribution in [0.4, 0.5) is 0 Å². The van der Waals surface area contributed by atoms with E-state index in [0.29, 0.717) is 5.96 Å². The molecule has 0 atom stereocenters. The van der Waals surface area contributed by atoms with Gasteiger partial charge in [0.15, 0.2) is 0 Å². The smallest absolute Gasteiger partial charge is 0.215 e. The molecule has 96 valence electrons. The molecule has 0 amide bonds. The Morgan fingerprint density at radius 3 is 2.38 bits per heavy atom. The van der Waals surface area contributed by atoms with E-state index in [9.17, 15) is 8.42 Å². The zero-order valence-corrected chi connectivity index (χ0v) is 11.0. The Hall–Kier alpha value is -0.860. The molecule has 0 saturated carbocycles. The summed E-state index contributed by atoms with van der Waals surface area (Å²) in [4.78, 5) is 4.01. The average Bonchev–Trinajstić information content (AvgIpc) is 2.15. The lowest BCUT2D eigenvalue weighted by atomic mass is 10.4. The summed E-state index contributed by atoms with van der Waals surface area (Å²) in [6.45, 7) is 4.03. The van der Waals surface area contributed by atoms with Crippen LogP contribution in [0.1, 0.15) is 13.8 Å². The van der Waals surface area contributed by atoms with Crippen molar-refractivity contribution < 1.29 is 8.42 Å². The largest absolute Gasteiger partial charge is 0.353 e. The Kier molecular flexibility index (Phi) is 6.31. The van der Waals surface area contributed by atoms with Gasteiger partial charge in [0.25, 0.3) is 0 Å². The Morgan fingerprint density at radius 1 is 1.44 bits per heavy atom. The van der Waals surface area contributed by atoms with E-state index in [-0.39, 0.29) is 18.3 Å². The van der Waals surface area contributed by atoms with Crippen molar-refractivity contribution in [2.75, 3.05) is 26.4 Å². The van der Waals surface area contributed by atoms with Crippen molar-refractivity contribution in [2.24, 2.45) is 10.8 Å². The maximum Gasteiger partial charge on any atom is 0.215 e. The third-order valence-electron chi connectivity index (χ3n) is 1.74. The Morgan fingerprint density at radius 2 is 2.00 bits per heavy atom. The molecule has 0 heterocycles. The fourth-order valence-electron chi connectivity index (χ4n) is 0.862. The van der Waals surface area contributed by atoms with Crippen LogP contribution in [0.2, 0.25) is 0 Å². The second-order valence-corrected chi connectivity index (χ2v) is 6.07. The monoisotopic (exact) mass is 251 g/mol.